The first-order valence-corrected chi connectivity index (χ1v) is 11.3. The lowest BCUT2D eigenvalue weighted by atomic mass is 10.2. The number of rotatable bonds is 7. The van der Waals surface area contributed by atoms with Gasteiger partial charge in [-0.15, -0.1) is 0 Å². The van der Waals surface area contributed by atoms with Crippen LogP contribution in [0.15, 0.2) is 53.4 Å². The van der Waals surface area contributed by atoms with Gasteiger partial charge in [0.1, 0.15) is 10.6 Å². The summed E-state index contributed by atoms with van der Waals surface area (Å²) >= 11 is 6.05. The number of carbonyl (C=O) groups excluding carboxylic acids is 1. The van der Waals surface area contributed by atoms with E-state index in [1.54, 1.807) is 19.1 Å². The van der Waals surface area contributed by atoms with E-state index in [1.807, 2.05) is 4.90 Å². The number of halogens is 3. The molecule has 0 aliphatic carbocycles. The largest absolute Gasteiger partial charge is 0.435 e. The molecule has 0 saturated carbocycles. The Morgan fingerprint density at radius 1 is 1.06 bits per heavy atom. The molecule has 2 aromatic carbocycles. The van der Waals surface area contributed by atoms with Crippen molar-refractivity contribution in [1.82, 2.24) is 9.21 Å². The van der Waals surface area contributed by atoms with Gasteiger partial charge in [0.05, 0.1) is 11.1 Å². The third kappa shape index (κ3) is 5.70. The Morgan fingerprint density at radius 2 is 1.68 bits per heavy atom. The Balaban J connectivity index is 1.56. The number of hydrogen-bond donors (Lipinski definition) is 1. The van der Waals surface area contributed by atoms with Gasteiger partial charge in [-0.25, -0.2) is 8.42 Å². The molecule has 7 nitrogen and oxygen atoms in total. The van der Waals surface area contributed by atoms with E-state index in [4.69, 9.17) is 11.6 Å². The maximum absolute atomic E-state index is 12.8. The van der Waals surface area contributed by atoms with Crippen molar-refractivity contribution in [3.05, 3.63) is 53.6 Å². The number of alkyl halides is 2. The fourth-order valence-corrected chi connectivity index (χ4v) is 5.17. The molecule has 3 rings (SSSR count). The minimum Gasteiger partial charge on any atom is -0.435 e. The molecule has 11 heteroatoms. The van der Waals surface area contributed by atoms with E-state index in [2.05, 4.69) is 10.1 Å². The Hall–Kier alpha value is -2.27. The Labute approximate surface area is 184 Å². The van der Waals surface area contributed by atoms with Crippen LogP contribution >= 0.6 is 11.6 Å². The Kier molecular flexibility index (Phi) is 7.47. The zero-order valence-electron chi connectivity index (χ0n) is 16.7. The first-order valence-electron chi connectivity index (χ1n) is 9.53. The maximum atomic E-state index is 12.8. The third-order valence-electron chi connectivity index (χ3n) is 5.00. The fraction of sp³-hybridized carbons (Fsp3) is 0.350. The quantitative estimate of drug-likeness (QED) is 0.667. The summed E-state index contributed by atoms with van der Waals surface area (Å²) in [5.41, 5.74) is 0.443. The maximum Gasteiger partial charge on any atom is 0.387 e. The second-order valence-electron chi connectivity index (χ2n) is 6.94. The van der Waals surface area contributed by atoms with E-state index < -0.39 is 22.7 Å². The minimum absolute atomic E-state index is 0.00287. The van der Waals surface area contributed by atoms with Crippen molar-refractivity contribution in [3.8, 4) is 5.75 Å². The molecule has 1 saturated heterocycles. The van der Waals surface area contributed by atoms with Crippen LogP contribution in [0.1, 0.15) is 6.92 Å². The number of carbonyl (C=O) groups is 1. The van der Waals surface area contributed by atoms with E-state index in [9.17, 15) is 22.0 Å². The minimum atomic E-state index is -3.71. The highest BCUT2D eigenvalue weighted by molar-refractivity contribution is 7.89. The summed E-state index contributed by atoms with van der Waals surface area (Å²) in [4.78, 5) is 14.5. The standard InChI is InChI=1S/C20H22ClF2N3O4S/c1-14(19(27)24-15-6-8-16(9-7-15)30-20(22)23)25-10-12-26(13-11-25)31(28,29)18-5-3-2-4-17(18)21/h2-9,14,20H,10-13H2,1H3,(H,24,27). The molecule has 1 aliphatic rings. The average molecular weight is 474 g/mol. The molecular formula is C20H22ClF2N3O4S. The number of sulfonamides is 1. The zero-order valence-corrected chi connectivity index (χ0v) is 18.2. The fourth-order valence-electron chi connectivity index (χ4n) is 3.26. The molecule has 1 N–H and O–H groups in total. The van der Waals surface area contributed by atoms with Gasteiger partial charge in [-0.1, -0.05) is 23.7 Å². The molecule has 0 radical (unpaired) electrons. The summed E-state index contributed by atoms with van der Waals surface area (Å²) in [6.45, 7) is 0.0111. The number of nitrogens with zero attached hydrogens (tertiary/aromatic N) is 2. The number of ether oxygens (including phenoxy) is 1. The first-order chi connectivity index (χ1) is 14.7. The topological polar surface area (TPSA) is 79.0 Å². The Bertz CT molecular complexity index is 1010. The molecule has 2 aromatic rings. The zero-order chi connectivity index (χ0) is 22.6. The van der Waals surface area contributed by atoms with Crippen LogP contribution in [0.4, 0.5) is 14.5 Å². The highest BCUT2D eigenvalue weighted by Gasteiger charge is 2.32. The molecular weight excluding hydrogens is 452 g/mol. The summed E-state index contributed by atoms with van der Waals surface area (Å²) in [6.07, 6.45) is 0. The van der Waals surface area contributed by atoms with Gasteiger partial charge < -0.3 is 10.1 Å². The van der Waals surface area contributed by atoms with Crippen LogP contribution in [-0.4, -0.2) is 62.4 Å². The molecule has 168 valence electrons. The summed E-state index contributed by atoms with van der Waals surface area (Å²) in [7, 11) is -3.71. The number of benzene rings is 2. The van der Waals surface area contributed by atoms with Gasteiger partial charge in [-0.3, -0.25) is 9.69 Å². The number of hydrogen-bond acceptors (Lipinski definition) is 5. The van der Waals surface area contributed by atoms with Crippen molar-refractivity contribution in [2.24, 2.45) is 0 Å². The third-order valence-corrected chi connectivity index (χ3v) is 7.40. The lowest BCUT2D eigenvalue weighted by Gasteiger charge is -2.36. The molecule has 0 bridgehead atoms. The van der Waals surface area contributed by atoms with E-state index in [0.717, 1.165) is 0 Å². The van der Waals surface area contributed by atoms with Gasteiger partial charge in [0.15, 0.2) is 0 Å². The summed E-state index contributed by atoms with van der Waals surface area (Å²) in [6, 6.07) is 11.4. The van der Waals surface area contributed by atoms with Crippen molar-refractivity contribution < 1.29 is 26.7 Å². The van der Waals surface area contributed by atoms with Crippen LogP contribution in [0.2, 0.25) is 5.02 Å². The molecule has 0 spiro atoms. The SMILES string of the molecule is CC(C(=O)Nc1ccc(OC(F)F)cc1)N1CCN(S(=O)(=O)c2ccccc2Cl)CC1. The van der Waals surface area contributed by atoms with E-state index in [0.29, 0.717) is 18.8 Å². The van der Waals surface area contributed by atoms with Crippen molar-refractivity contribution in [1.29, 1.82) is 0 Å². The number of anilines is 1. The smallest absolute Gasteiger partial charge is 0.387 e. The van der Waals surface area contributed by atoms with Crippen molar-refractivity contribution in [3.63, 3.8) is 0 Å². The number of nitrogens with one attached hydrogen (secondary N) is 1. The summed E-state index contributed by atoms with van der Waals surface area (Å²) < 4.78 is 55.7. The van der Waals surface area contributed by atoms with Crippen molar-refractivity contribution in [2.75, 3.05) is 31.5 Å². The highest BCUT2D eigenvalue weighted by Crippen LogP contribution is 2.25. The molecule has 31 heavy (non-hydrogen) atoms. The average Bonchev–Trinajstić information content (AvgIpc) is 2.74. The van der Waals surface area contributed by atoms with Crippen LogP contribution in [0, 0.1) is 0 Å². The first kappa shape index (κ1) is 23.4. The van der Waals surface area contributed by atoms with E-state index >= 15 is 0 Å². The van der Waals surface area contributed by atoms with Crippen LogP contribution in [0.25, 0.3) is 0 Å². The number of piperazine rings is 1. The van der Waals surface area contributed by atoms with E-state index in [1.165, 1.54) is 40.7 Å². The molecule has 1 fully saturated rings. The Morgan fingerprint density at radius 3 is 2.26 bits per heavy atom. The normalized spacial score (nSPS) is 16.8. The van der Waals surface area contributed by atoms with Crippen LogP contribution in [-0.2, 0) is 14.8 Å². The molecule has 1 unspecified atom stereocenters. The number of amides is 1. The van der Waals surface area contributed by atoms with Gasteiger partial charge >= 0.3 is 6.61 Å². The summed E-state index contributed by atoms with van der Waals surface area (Å²) in [5, 5.41) is 2.89. The highest BCUT2D eigenvalue weighted by atomic mass is 35.5. The van der Waals surface area contributed by atoms with Gasteiger partial charge in [-0.05, 0) is 43.3 Å². The van der Waals surface area contributed by atoms with Gasteiger partial charge in [0.2, 0.25) is 15.9 Å². The molecule has 1 aliphatic heterocycles. The lowest BCUT2D eigenvalue weighted by molar-refractivity contribution is -0.121. The van der Waals surface area contributed by atoms with E-state index in [-0.39, 0.29) is 34.7 Å². The van der Waals surface area contributed by atoms with Crippen LogP contribution in [0.5, 0.6) is 5.75 Å². The second-order valence-corrected chi connectivity index (χ2v) is 9.25. The van der Waals surface area contributed by atoms with Gasteiger partial charge in [0, 0.05) is 31.9 Å². The molecule has 1 heterocycles. The van der Waals surface area contributed by atoms with Crippen molar-refractivity contribution >= 4 is 33.2 Å². The monoisotopic (exact) mass is 473 g/mol. The molecule has 1 atom stereocenters. The predicted molar refractivity (Wildman–Crippen MR) is 113 cm³/mol. The lowest BCUT2D eigenvalue weighted by Crippen LogP contribution is -2.53. The van der Waals surface area contributed by atoms with Gasteiger partial charge in [-0.2, -0.15) is 13.1 Å². The van der Waals surface area contributed by atoms with Crippen LogP contribution < -0.4 is 10.1 Å². The van der Waals surface area contributed by atoms with Crippen LogP contribution in [0.3, 0.4) is 0 Å². The predicted octanol–water partition coefficient (Wildman–Crippen LogP) is 3.27. The second kappa shape index (κ2) is 9.90. The molecule has 0 aromatic heterocycles. The van der Waals surface area contributed by atoms with Gasteiger partial charge in [0.25, 0.3) is 0 Å². The molecule has 1 amide bonds. The summed E-state index contributed by atoms with van der Waals surface area (Å²) in [5.74, 6) is -0.290. The van der Waals surface area contributed by atoms with Crippen molar-refractivity contribution in [2.45, 2.75) is 24.5 Å².